The van der Waals surface area contributed by atoms with E-state index in [9.17, 15) is 10.0 Å². The number of hydrogen-bond acceptors (Lipinski definition) is 4. The van der Waals surface area contributed by atoms with Crippen molar-refractivity contribution >= 4 is 11.6 Å². The zero-order valence-corrected chi connectivity index (χ0v) is 14.5. The van der Waals surface area contributed by atoms with Crippen LogP contribution in [-0.4, -0.2) is 25.5 Å². The molecule has 0 saturated heterocycles. The van der Waals surface area contributed by atoms with Crippen molar-refractivity contribution in [2.24, 2.45) is 0 Å². The van der Waals surface area contributed by atoms with Crippen LogP contribution in [0.5, 0.6) is 0 Å². The van der Waals surface area contributed by atoms with Gasteiger partial charge in [0.1, 0.15) is 5.65 Å². The molecule has 0 aliphatic heterocycles. The van der Waals surface area contributed by atoms with Gasteiger partial charge in [-0.15, -0.1) is 0 Å². The molecule has 1 unspecified atom stereocenters. The highest BCUT2D eigenvalue weighted by molar-refractivity contribution is 5.83. The summed E-state index contributed by atoms with van der Waals surface area (Å²) < 4.78 is 1.88. The number of carbonyl (C=O) groups is 1. The van der Waals surface area contributed by atoms with Crippen LogP contribution in [0.25, 0.3) is 16.8 Å². The number of hydrogen-bond donors (Lipinski definition) is 2. The highest BCUT2D eigenvalue weighted by atomic mass is 16.5. The third kappa shape index (κ3) is 3.43. The van der Waals surface area contributed by atoms with Crippen LogP contribution in [0.1, 0.15) is 17.2 Å². The van der Waals surface area contributed by atoms with Crippen molar-refractivity contribution in [3.05, 3.63) is 90.6 Å². The lowest BCUT2D eigenvalue weighted by Crippen LogP contribution is -2.28. The van der Waals surface area contributed by atoms with Gasteiger partial charge < -0.3 is 4.40 Å². The van der Waals surface area contributed by atoms with Crippen molar-refractivity contribution in [2.45, 2.75) is 12.3 Å². The number of carbonyl (C=O) groups excluding carboxylic acids is 1. The van der Waals surface area contributed by atoms with Crippen molar-refractivity contribution in [3.63, 3.8) is 0 Å². The Morgan fingerprint density at radius 1 is 1.07 bits per heavy atom. The number of imidazole rings is 1. The quantitative estimate of drug-likeness (QED) is 0.424. The molecule has 0 fully saturated rings. The fraction of sp³-hybridized carbons (Fsp3) is 0.0952. The van der Waals surface area contributed by atoms with E-state index in [0.29, 0.717) is 6.42 Å². The normalized spacial score (nSPS) is 12.0. The first kappa shape index (κ1) is 16.9. The van der Waals surface area contributed by atoms with Gasteiger partial charge in [0.2, 0.25) is 0 Å². The van der Waals surface area contributed by atoms with Crippen molar-refractivity contribution in [2.75, 3.05) is 0 Å². The minimum absolute atomic E-state index is 0.461. The fourth-order valence-electron chi connectivity index (χ4n) is 3.23. The number of rotatable bonds is 5. The predicted octanol–water partition coefficient (Wildman–Crippen LogP) is 3.23. The Labute approximate surface area is 156 Å². The smallest absolute Gasteiger partial charge is 0.252 e. The van der Waals surface area contributed by atoms with Gasteiger partial charge >= 0.3 is 0 Å². The molecule has 2 N–H and O–H groups in total. The van der Waals surface area contributed by atoms with Gasteiger partial charge in [0.05, 0.1) is 17.8 Å². The lowest BCUT2D eigenvalue weighted by molar-refractivity contribution is -0.130. The molecule has 3 aromatic heterocycles. The van der Waals surface area contributed by atoms with E-state index in [1.165, 1.54) is 0 Å². The van der Waals surface area contributed by atoms with Crippen LogP contribution in [0, 0.1) is 0 Å². The molecule has 1 amide bonds. The average Bonchev–Trinajstić information content (AvgIpc) is 3.16. The van der Waals surface area contributed by atoms with Crippen LogP contribution in [-0.2, 0) is 11.2 Å². The van der Waals surface area contributed by atoms with Gasteiger partial charge in [0.25, 0.3) is 5.91 Å². The summed E-state index contributed by atoms with van der Waals surface area (Å²) in [5, 5.41) is 9.21. The van der Waals surface area contributed by atoms with E-state index in [1.807, 2.05) is 65.2 Å². The predicted molar refractivity (Wildman–Crippen MR) is 101 cm³/mol. The van der Waals surface area contributed by atoms with Crippen LogP contribution < -0.4 is 5.48 Å². The van der Waals surface area contributed by atoms with E-state index in [0.717, 1.165) is 28.0 Å². The summed E-state index contributed by atoms with van der Waals surface area (Å²) in [6.07, 6.45) is 7.57. The summed E-state index contributed by atoms with van der Waals surface area (Å²) >= 11 is 0. The molecule has 0 bridgehead atoms. The Morgan fingerprint density at radius 3 is 2.67 bits per heavy atom. The summed E-state index contributed by atoms with van der Waals surface area (Å²) in [5.41, 5.74) is 6.24. The van der Waals surface area contributed by atoms with E-state index < -0.39 is 11.8 Å². The van der Waals surface area contributed by atoms with Crippen molar-refractivity contribution in [1.82, 2.24) is 19.8 Å². The third-order valence-corrected chi connectivity index (χ3v) is 4.60. The minimum Gasteiger partial charge on any atom is -0.303 e. The monoisotopic (exact) mass is 358 g/mol. The van der Waals surface area contributed by atoms with Crippen molar-refractivity contribution in [1.29, 1.82) is 0 Å². The van der Waals surface area contributed by atoms with Gasteiger partial charge in [-0.3, -0.25) is 15.0 Å². The molecule has 0 saturated carbocycles. The molecule has 0 radical (unpaired) electrons. The molecule has 0 aliphatic carbocycles. The van der Waals surface area contributed by atoms with Crippen LogP contribution in [0.4, 0.5) is 0 Å². The lowest BCUT2D eigenvalue weighted by Gasteiger charge is -2.15. The summed E-state index contributed by atoms with van der Waals surface area (Å²) in [6, 6.07) is 17.5. The molecule has 6 heteroatoms. The maximum Gasteiger partial charge on any atom is 0.252 e. The van der Waals surface area contributed by atoms with Crippen LogP contribution in [0.2, 0.25) is 0 Å². The molecule has 6 nitrogen and oxygen atoms in total. The highest BCUT2D eigenvalue weighted by Crippen LogP contribution is 2.25. The standard InChI is InChI=1S/C21H18N4O2/c26-21(24-27)18(11-15-5-2-1-3-6-15)19-14-23-20-12-16(8-10-25(19)20)17-7-4-9-22-13-17/h1-10,12-14,18,27H,11H2,(H,24,26). The number of aromatic nitrogens is 3. The maximum absolute atomic E-state index is 12.3. The first-order valence-electron chi connectivity index (χ1n) is 8.61. The van der Waals surface area contributed by atoms with Crippen LogP contribution in [0.3, 0.4) is 0 Å². The summed E-state index contributed by atoms with van der Waals surface area (Å²) in [4.78, 5) is 20.9. The maximum atomic E-state index is 12.3. The highest BCUT2D eigenvalue weighted by Gasteiger charge is 2.24. The number of pyridine rings is 2. The van der Waals surface area contributed by atoms with E-state index in [4.69, 9.17) is 0 Å². The molecule has 3 heterocycles. The lowest BCUT2D eigenvalue weighted by atomic mass is 9.96. The van der Waals surface area contributed by atoms with E-state index in [-0.39, 0.29) is 0 Å². The van der Waals surface area contributed by atoms with E-state index in [1.54, 1.807) is 24.1 Å². The van der Waals surface area contributed by atoms with Gasteiger partial charge in [-0.05, 0) is 35.7 Å². The van der Waals surface area contributed by atoms with Gasteiger partial charge in [-0.1, -0.05) is 36.4 Å². The number of nitrogens with zero attached hydrogens (tertiary/aromatic N) is 3. The molecule has 1 aromatic carbocycles. The van der Waals surface area contributed by atoms with E-state index in [2.05, 4.69) is 9.97 Å². The molecule has 134 valence electrons. The Morgan fingerprint density at radius 2 is 1.93 bits per heavy atom. The van der Waals surface area contributed by atoms with Crippen molar-refractivity contribution < 1.29 is 10.0 Å². The SMILES string of the molecule is O=C(NO)C(Cc1ccccc1)c1cnc2cc(-c3cccnc3)ccn12. The van der Waals surface area contributed by atoms with Gasteiger partial charge in [-0.25, -0.2) is 10.5 Å². The fourth-order valence-corrected chi connectivity index (χ4v) is 3.23. The van der Waals surface area contributed by atoms with Gasteiger partial charge in [-0.2, -0.15) is 0 Å². The van der Waals surface area contributed by atoms with Crippen LogP contribution in [0.15, 0.2) is 79.4 Å². The summed E-state index contributed by atoms with van der Waals surface area (Å²) in [5.74, 6) is -1.02. The van der Waals surface area contributed by atoms with Crippen LogP contribution >= 0.6 is 0 Å². The second-order valence-electron chi connectivity index (χ2n) is 6.29. The van der Waals surface area contributed by atoms with Crippen molar-refractivity contribution in [3.8, 4) is 11.1 Å². The minimum atomic E-state index is -0.559. The Bertz CT molecular complexity index is 1060. The molecule has 4 rings (SSSR count). The third-order valence-electron chi connectivity index (χ3n) is 4.60. The Balaban J connectivity index is 1.73. The number of benzene rings is 1. The first-order valence-corrected chi connectivity index (χ1v) is 8.61. The van der Waals surface area contributed by atoms with Gasteiger partial charge in [0, 0.05) is 24.2 Å². The number of amides is 1. The molecule has 0 aliphatic rings. The Kier molecular flexibility index (Phi) is 4.63. The topological polar surface area (TPSA) is 79.5 Å². The summed E-state index contributed by atoms with van der Waals surface area (Å²) in [6.45, 7) is 0. The van der Waals surface area contributed by atoms with Gasteiger partial charge in [0.15, 0.2) is 0 Å². The number of fused-ring (bicyclic) bond motifs is 1. The second-order valence-corrected chi connectivity index (χ2v) is 6.29. The zero-order valence-electron chi connectivity index (χ0n) is 14.5. The van der Waals surface area contributed by atoms with E-state index >= 15 is 0 Å². The first-order chi connectivity index (χ1) is 13.3. The molecule has 4 aromatic rings. The molecular weight excluding hydrogens is 340 g/mol. The Hall–Kier alpha value is -3.51. The molecule has 1 atom stereocenters. The molecular formula is C21H18N4O2. The molecule has 0 spiro atoms. The zero-order chi connectivity index (χ0) is 18.6. The number of hydroxylamine groups is 1. The largest absolute Gasteiger partial charge is 0.303 e. The molecule has 27 heavy (non-hydrogen) atoms. The second kappa shape index (κ2) is 7.39. The summed E-state index contributed by atoms with van der Waals surface area (Å²) in [7, 11) is 0. The average molecular weight is 358 g/mol. The number of nitrogens with one attached hydrogen (secondary N) is 1.